The van der Waals surface area contributed by atoms with Gasteiger partial charge in [-0.15, -0.1) is 11.8 Å². The van der Waals surface area contributed by atoms with Crippen molar-refractivity contribution in [1.82, 2.24) is 24.0 Å². The maximum Gasteiger partial charge on any atom is 0.278 e. The summed E-state index contributed by atoms with van der Waals surface area (Å²) < 4.78 is 7.79. The van der Waals surface area contributed by atoms with Crippen LogP contribution in [0.1, 0.15) is 19.2 Å². The predicted octanol–water partition coefficient (Wildman–Crippen LogP) is -1.04. The number of carboxylic acid groups (broad SMARTS) is 1. The van der Waals surface area contributed by atoms with Crippen LogP contribution in [0.15, 0.2) is 40.5 Å². The number of carbonyl (C=O) groups excluding carboxylic acids is 3. The number of thioether (sulfide) groups is 1. The number of nitrogens with two attached hydrogens (primary N) is 1. The molecular weight excluding hydrogens is 528 g/mol. The number of amides is 2. The normalized spacial score (nSPS) is 19.9. The summed E-state index contributed by atoms with van der Waals surface area (Å²) in [6.07, 6.45) is 6.33. The lowest BCUT2D eigenvalue weighted by molar-refractivity contribution is -0.687. The fourth-order valence-electron chi connectivity index (χ4n) is 3.85. The van der Waals surface area contributed by atoms with Gasteiger partial charge in [0.1, 0.15) is 37.0 Å². The quantitative estimate of drug-likeness (QED) is 0.111. The second kappa shape index (κ2) is 9.87. The van der Waals surface area contributed by atoms with Gasteiger partial charge in [0.2, 0.25) is 22.7 Å². The number of nitrogen functional groups attached to an aromatic ring is 1. The van der Waals surface area contributed by atoms with Crippen molar-refractivity contribution < 1.29 is 28.9 Å². The van der Waals surface area contributed by atoms with Gasteiger partial charge in [0.15, 0.2) is 5.13 Å². The van der Waals surface area contributed by atoms with Crippen LogP contribution in [0.5, 0.6) is 0 Å². The van der Waals surface area contributed by atoms with E-state index >= 15 is 0 Å². The third-order valence-corrected chi connectivity index (χ3v) is 8.13. The molecule has 5 heterocycles. The van der Waals surface area contributed by atoms with E-state index in [1.807, 2.05) is 40.0 Å². The van der Waals surface area contributed by atoms with E-state index in [2.05, 4.69) is 19.8 Å². The minimum Gasteiger partial charge on any atom is -0.543 e. The molecular formula is C20H20N8O5S3. The zero-order valence-corrected chi connectivity index (χ0v) is 21.3. The highest BCUT2D eigenvalue weighted by Crippen LogP contribution is 2.40. The van der Waals surface area contributed by atoms with E-state index in [0.717, 1.165) is 16.4 Å². The first-order valence-electron chi connectivity index (χ1n) is 10.8. The number of anilines is 1. The molecule has 0 saturated carbocycles. The molecule has 0 unspecified atom stereocenters. The molecule has 3 aromatic heterocycles. The highest BCUT2D eigenvalue weighted by molar-refractivity contribution is 8.00. The van der Waals surface area contributed by atoms with Gasteiger partial charge in [-0.3, -0.25) is 14.5 Å². The van der Waals surface area contributed by atoms with Crippen LogP contribution < -0.4 is 20.7 Å². The van der Waals surface area contributed by atoms with E-state index in [0.29, 0.717) is 24.3 Å². The first kappa shape index (κ1) is 24.2. The average Bonchev–Trinajstić information content (AvgIpc) is 3.56. The zero-order chi connectivity index (χ0) is 25.4. The minimum absolute atomic E-state index is 0.0202. The van der Waals surface area contributed by atoms with Crippen LogP contribution in [0.25, 0.3) is 4.83 Å². The number of nitrogens with one attached hydrogen (secondary N) is 1. The molecule has 2 aliphatic heterocycles. The number of fused-ring (bicyclic) bond motifs is 2. The Labute approximate surface area is 216 Å². The molecule has 2 atom stereocenters. The molecule has 5 rings (SSSR count). The second-order valence-corrected chi connectivity index (χ2v) is 10.7. The smallest absolute Gasteiger partial charge is 0.278 e. The zero-order valence-electron chi connectivity index (χ0n) is 18.8. The van der Waals surface area contributed by atoms with Crippen LogP contribution in [0.3, 0.4) is 0 Å². The molecule has 0 bridgehead atoms. The summed E-state index contributed by atoms with van der Waals surface area (Å²) in [5.74, 6) is -2.39. The standard InChI is InChI=1S/C20H20N8O5S3/c1-2-4-33-24-12(15-23-20(21)36-25-15)16(29)22-13-17(30)28-14(19(31)32)10(8-35-18(13)28)6-26-7-11-27(9-26)3-5-34-11/h3,5,7,9,13,18H,2,4,6,8H2,1H3,(H3-,21,22,23,25,29,31,32)/b24-12-/t13-,18-/m1/s1. The number of β-lactam (4-membered cyclic amide) rings is 1. The topological polar surface area (TPSA) is 171 Å². The number of rotatable bonds is 9. The maximum absolute atomic E-state index is 13.0. The number of hydrogen-bond acceptors (Lipinski definition) is 12. The number of carbonyl (C=O) groups is 3. The summed E-state index contributed by atoms with van der Waals surface area (Å²) in [5, 5.41) is 20.0. The number of oxime groups is 1. The van der Waals surface area contributed by atoms with Crippen LogP contribution in [0, 0.1) is 0 Å². The summed E-state index contributed by atoms with van der Waals surface area (Å²) >= 11 is 3.81. The summed E-state index contributed by atoms with van der Waals surface area (Å²) in [7, 11) is 0. The molecule has 3 N–H and O–H groups in total. The first-order valence-corrected chi connectivity index (χ1v) is 13.5. The van der Waals surface area contributed by atoms with Crippen LogP contribution in [0.4, 0.5) is 5.13 Å². The second-order valence-electron chi connectivity index (χ2n) is 7.90. The number of nitrogens with zero attached hydrogens (tertiary/aromatic N) is 6. The SMILES string of the molecule is CCCO/N=C(\C(=O)N[C@@H]1C(=O)N2C(C(=O)[O-])=C(C[n+]3cc4sccn4c3)CS[C@H]12)c1nsc(N)n1. The highest BCUT2D eigenvalue weighted by Gasteiger charge is 2.53. The van der Waals surface area contributed by atoms with Crippen molar-refractivity contribution in [2.75, 3.05) is 18.1 Å². The van der Waals surface area contributed by atoms with Gasteiger partial charge in [-0.2, -0.15) is 13.8 Å². The molecule has 13 nitrogen and oxygen atoms in total. The van der Waals surface area contributed by atoms with Gasteiger partial charge in [-0.1, -0.05) is 23.4 Å². The van der Waals surface area contributed by atoms with Gasteiger partial charge >= 0.3 is 0 Å². The molecule has 188 valence electrons. The fourth-order valence-corrected chi connectivity index (χ4v) is 6.38. The highest BCUT2D eigenvalue weighted by atomic mass is 32.2. The monoisotopic (exact) mass is 548 g/mol. The summed E-state index contributed by atoms with van der Waals surface area (Å²) in [6.45, 7) is 2.44. The molecule has 0 aliphatic carbocycles. The lowest BCUT2D eigenvalue weighted by atomic mass is 10.0. The van der Waals surface area contributed by atoms with E-state index in [1.165, 1.54) is 16.7 Å². The van der Waals surface area contributed by atoms with Crippen LogP contribution in [-0.2, 0) is 25.8 Å². The molecule has 0 radical (unpaired) electrons. The van der Waals surface area contributed by atoms with Gasteiger partial charge in [0.05, 0.1) is 11.7 Å². The summed E-state index contributed by atoms with van der Waals surface area (Å²) in [6, 6.07) is -0.960. The lowest BCUT2D eigenvalue weighted by Crippen LogP contribution is -2.71. The van der Waals surface area contributed by atoms with Crippen LogP contribution in [-0.4, -0.2) is 65.9 Å². The Hall–Kier alpha value is -3.50. The van der Waals surface area contributed by atoms with E-state index in [-0.39, 0.29) is 29.0 Å². The van der Waals surface area contributed by atoms with Crippen molar-refractivity contribution in [2.45, 2.75) is 31.3 Å². The number of aromatic nitrogens is 4. The minimum atomic E-state index is -1.44. The maximum atomic E-state index is 13.0. The van der Waals surface area contributed by atoms with Crippen molar-refractivity contribution in [3.63, 3.8) is 0 Å². The molecule has 1 saturated heterocycles. The summed E-state index contributed by atoms with van der Waals surface area (Å²) in [5.41, 5.74) is 5.80. The number of carboxylic acids is 1. The largest absolute Gasteiger partial charge is 0.543 e. The molecule has 16 heteroatoms. The molecule has 2 aliphatic rings. The first-order chi connectivity index (χ1) is 17.4. The molecule has 36 heavy (non-hydrogen) atoms. The molecule has 0 aromatic carbocycles. The van der Waals surface area contributed by atoms with Crippen molar-refractivity contribution in [2.24, 2.45) is 5.16 Å². The van der Waals surface area contributed by atoms with Gasteiger partial charge in [0, 0.05) is 28.2 Å². The Morgan fingerprint density at radius 3 is 2.97 bits per heavy atom. The predicted molar refractivity (Wildman–Crippen MR) is 130 cm³/mol. The van der Waals surface area contributed by atoms with E-state index in [1.54, 1.807) is 11.3 Å². The van der Waals surface area contributed by atoms with Crippen molar-refractivity contribution in [3.8, 4) is 0 Å². The Morgan fingerprint density at radius 1 is 1.44 bits per heavy atom. The molecule has 0 spiro atoms. The Balaban J connectivity index is 1.34. The number of aliphatic carboxylic acids is 1. The third-order valence-electron chi connectivity index (χ3n) is 5.43. The van der Waals surface area contributed by atoms with E-state index < -0.39 is 29.2 Å². The van der Waals surface area contributed by atoms with Gasteiger partial charge in [-0.25, -0.2) is 4.57 Å². The van der Waals surface area contributed by atoms with Gasteiger partial charge in [-0.05, 0) is 6.42 Å². The number of hydrogen-bond donors (Lipinski definition) is 2. The molecule has 1 fully saturated rings. The van der Waals surface area contributed by atoms with Crippen LogP contribution in [0.2, 0.25) is 0 Å². The van der Waals surface area contributed by atoms with Crippen molar-refractivity contribution >= 4 is 68.1 Å². The van der Waals surface area contributed by atoms with E-state index in [9.17, 15) is 19.5 Å². The Kier molecular flexibility index (Phi) is 6.63. The number of thiazole rings is 1. The Morgan fingerprint density at radius 2 is 2.28 bits per heavy atom. The van der Waals surface area contributed by atoms with Gasteiger partial charge in [0.25, 0.3) is 11.8 Å². The Bertz CT molecular complexity index is 1380. The third kappa shape index (κ3) is 4.42. The average molecular weight is 549 g/mol. The number of imidazole rings is 1. The van der Waals surface area contributed by atoms with Crippen LogP contribution >= 0.6 is 34.6 Å². The van der Waals surface area contributed by atoms with E-state index in [4.69, 9.17) is 10.6 Å². The fraction of sp³-hybridized carbons (Fsp3) is 0.350. The molecule has 3 aromatic rings. The van der Waals surface area contributed by atoms with Crippen molar-refractivity contribution in [1.29, 1.82) is 0 Å². The summed E-state index contributed by atoms with van der Waals surface area (Å²) in [4.78, 5) is 49.3. The van der Waals surface area contributed by atoms with Crippen molar-refractivity contribution in [3.05, 3.63) is 41.2 Å². The lowest BCUT2D eigenvalue weighted by Gasteiger charge is -2.50. The molecule has 2 amide bonds. The van der Waals surface area contributed by atoms with Gasteiger partial charge < -0.3 is 25.8 Å².